The number of methoxy groups -OCH3 is 3. The number of aromatic nitrogens is 3. The Bertz CT molecular complexity index is 6280. The van der Waals surface area contributed by atoms with Gasteiger partial charge in [-0.3, -0.25) is 58.8 Å². The Balaban J connectivity index is 0.000000147. The Labute approximate surface area is 799 Å². The molecule has 6 aromatic carbocycles. The van der Waals surface area contributed by atoms with E-state index in [1.807, 2.05) is 55.1 Å². The van der Waals surface area contributed by atoms with Gasteiger partial charge in [-0.25, -0.2) is 56.9 Å². The Morgan fingerprint density at radius 3 is 1.04 bits per heavy atom. The van der Waals surface area contributed by atoms with Crippen LogP contribution in [0.4, 0.5) is 44.6 Å². The highest BCUT2D eigenvalue weighted by Crippen LogP contribution is 2.43. The molecule has 18 rings (SSSR count). The van der Waals surface area contributed by atoms with Crippen molar-refractivity contribution in [3.63, 3.8) is 0 Å². The molecule has 33 nitrogen and oxygen atoms in total. The molecule has 0 spiro atoms. The van der Waals surface area contributed by atoms with Crippen molar-refractivity contribution in [2.45, 2.75) is 74.8 Å². The van der Waals surface area contributed by atoms with Gasteiger partial charge in [0.2, 0.25) is 0 Å². The second kappa shape index (κ2) is 41.1. The van der Waals surface area contributed by atoms with E-state index in [1.165, 1.54) is 110 Å². The highest BCUT2D eigenvalue weighted by Gasteiger charge is 2.48. The van der Waals surface area contributed by atoms with Crippen molar-refractivity contribution >= 4 is 157 Å². The fourth-order valence-corrected chi connectivity index (χ4v) is 20.3. The summed E-state index contributed by atoms with van der Waals surface area (Å²) < 4.78 is 57.5. The van der Waals surface area contributed by atoms with Crippen LogP contribution in [0.2, 0.25) is 15.1 Å². The number of aliphatic carboxylic acids is 3. The molecule has 3 aromatic heterocycles. The number of aliphatic imine (C=N–C) groups is 3. The summed E-state index contributed by atoms with van der Waals surface area (Å²) in [5.41, 5.74) is 7.15. The van der Waals surface area contributed by atoms with Gasteiger partial charge in [0.05, 0.1) is 68.0 Å². The molecule has 702 valence electrons. The zero-order valence-electron chi connectivity index (χ0n) is 73.2. The van der Waals surface area contributed by atoms with Gasteiger partial charge in [-0.05, 0) is 110 Å². The first-order valence-corrected chi connectivity index (χ1v) is 46.6. The largest absolute Gasteiger partial charge is 0.481 e. The highest BCUT2D eigenvalue weighted by molar-refractivity contribution is 7.12. The van der Waals surface area contributed by atoms with Crippen molar-refractivity contribution < 1.29 is 85.9 Å². The van der Waals surface area contributed by atoms with E-state index in [0.717, 1.165) is 11.3 Å². The number of benzene rings is 6. The number of thiazole rings is 3. The van der Waals surface area contributed by atoms with Crippen LogP contribution in [0.15, 0.2) is 211 Å². The lowest BCUT2D eigenvalue weighted by Gasteiger charge is -2.38. The summed E-state index contributed by atoms with van der Waals surface area (Å²) in [4.78, 5) is 158. The maximum absolute atomic E-state index is 14.0. The summed E-state index contributed by atoms with van der Waals surface area (Å²) in [6.07, 6.45) is 5.37. The van der Waals surface area contributed by atoms with Crippen LogP contribution in [-0.4, -0.2) is 269 Å². The number of piperazine rings is 3. The van der Waals surface area contributed by atoms with Crippen molar-refractivity contribution in [2.24, 2.45) is 15.0 Å². The number of nitrogens with one attached hydrogen (secondary N) is 3. The van der Waals surface area contributed by atoms with Crippen LogP contribution in [0.3, 0.4) is 0 Å². The van der Waals surface area contributed by atoms with Crippen LogP contribution in [0.1, 0.15) is 86.8 Å². The molecule has 42 heteroatoms. The predicted molar refractivity (Wildman–Crippen MR) is 501 cm³/mol. The van der Waals surface area contributed by atoms with E-state index in [9.17, 15) is 61.4 Å². The quantitative estimate of drug-likeness (QED) is 0.0229. The number of anilines is 3. The number of carbonyl (C=O) groups excluding carboxylic acids is 6. The van der Waals surface area contributed by atoms with E-state index in [0.29, 0.717) is 193 Å². The number of hydrogen-bond donors (Lipinski definition) is 6. The lowest BCUT2D eigenvalue weighted by molar-refractivity contribution is -0.142. The first kappa shape index (κ1) is 95.2. The van der Waals surface area contributed by atoms with Crippen LogP contribution in [0.25, 0.3) is 0 Å². The number of hydrogen-bond acceptors (Lipinski definition) is 27. The lowest BCUT2D eigenvalue weighted by Crippen LogP contribution is -2.53. The molecule has 9 aliphatic rings. The van der Waals surface area contributed by atoms with E-state index in [2.05, 4.69) is 45.6 Å². The average molecular weight is 1960 g/mol. The van der Waals surface area contributed by atoms with Gasteiger partial charge in [0.25, 0.3) is 0 Å². The number of ether oxygens (including phenoxy) is 3. The third-order valence-corrected chi connectivity index (χ3v) is 28.0. The zero-order valence-corrected chi connectivity index (χ0v) is 77.9. The molecular weight excluding hydrogens is 1870 g/mol. The fraction of sp³-hybridized carbons (Fsp3) is 0.323. The number of urea groups is 3. The molecule has 12 heterocycles. The molecule has 6 N–H and O–H groups in total. The molecule has 6 amide bonds. The van der Waals surface area contributed by atoms with E-state index in [4.69, 9.17) is 74.2 Å². The van der Waals surface area contributed by atoms with Gasteiger partial charge in [-0.15, -0.1) is 34.0 Å². The summed E-state index contributed by atoms with van der Waals surface area (Å²) in [6.45, 7) is 10.4. The average Bonchev–Trinajstić information content (AvgIpc) is 1.35. The minimum absolute atomic E-state index is 0.0472. The van der Waals surface area contributed by atoms with Crippen LogP contribution in [0.5, 0.6) is 0 Å². The van der Waals surface area contributed by atoms with Gasteiger partial charge >= 0.3 is 53.9 Å². The minimum atomic E-state index is -1.05. The molecule has 9 aromatic rings. The molecule has 9 aliphatic heterocycles. The number of nitrogens with zero attached hydrogens (tertiary/aromatic N) is 15. The maximum Gasteiger partial charge on any atom is 0.338 e. The van der Waals surface area contributed by atoms with E-state index in [-0.39, 0.29) is 80.8 Å². The van der Waals surface area contributed by atoms with E-state index >= 15 is 0 Å². The molecule has 0 radical (unpaired) electrons. The van der Waals surface area contributed by atoms with Crippen molar-refractivity contribution in [3.05, 3.63) is 277 Å². The number of carboxylic acids is 3. The van der Waals surface area contributed by atoms with Gasteiger partial charge in [-0.1, -0.05) is 89.4 Å². The molecule has 135 heavy (non-hydrogen) atoms. The zero-order chi connectivity index (χ0) is 95.4. The standard InChI is InChI=1S/C32H32ClFN6O5S.C31H30ClFN6O5S.C30H28ClFN6O5S/c1-32(2,30(42)43)18-4-7-20(8-5-18)40-16-21-15-38(11-12-39(21)31(40)44)17-24-25(29(41)45-3)26(22-9-6-19(34)14-23(22)33)37-27(36-24)28-35-10-13-46-28;1-44-30(42)26-24(35-28(29-34-10-13-45-29)36-27(26)22-8-5-19(33)14-23(22)32)17-37-11-12-38-21(15-37)16-39(31(38)43)20-6-2-18(3-7-20)4-9-25(40)41;1-43-29(41)25-23(34-27(28-33-8-11-44-28)35-26(25)21-7-4-18(32)13-22(21)31)16-36-9-10-37-20(14-36)15-38(30(37)42)19-5-2-17(3-6-19)12-24(39)40/h4-10,13-14,21,26H,11-12,15-17H2,1-3H3,(H,36,37)(H,42,43);2-3,5-8,10,13-14,21,27H,4,9,11-12,15-17H2,1H3,(H,35,36)(H,40,41);2-8,11,13,20,26H,9-10,12,14-16H2,1H3,(H,34,35)(H,39,40)/t21-,26-;21-,27-;20-,26-/m000/s1. The Kier molecular flexibility index (Phi) is 29.0. The molecule has 0 unspecified atom stereocenters. The summed E-state index contributed by atoms with van der Waals surface area (Å²) in [5, 5.41) is 45.2. The molecule has 6 fully saturated rings. The van der Waals surface area contributed by atoms with Crippen molar-refractivity contribution in [1.29, 1.82) is 0 Å². The molecule has 6 saturated heterocycles. The molecule has 0 bridgehead atoms. The van der Waals surface area contributed by atoms with Crippen LogP contribution in [-0.2, 0) is 61.2 Å². The Morgan fingerprint density at radius 2 is 0.756 bits per heavy atom. The Morgan fingerprint density at radius 1 is 0.437 bits per heavy atom. The summed E-state index contributed by atoms with van der Waals surface area (Å²) in [6, 6.07) is 30.3. The molecule has 6 atom stereocenters. The highest BCUT2D eigenvalue weighted by atomic mass is 35.5. The van der Waals surface area contributed by atoms with Gasteiger partial charge in [0.15, 0.2) is 32.5 Å². The smallest absolute Gasteiger partial charge is 0.338 e. The monoisotopic (exact) mass is 1960 g/mol. The van der Waals surface area contributed by atoms with E-state index < -0.39 is 76.8 Å². The first-order valence-electron chi connectivity index (χ1n) is 42.8. The van der Waals surface area contributed by atoms with E-state index in [1.54, 1.807) is 95.7 Å². The van der Waals surface area contributed by atoms with Gasteiger partial charge in [0, 0.05) is 205 Å². The lowest BCUT2D eigenvalue weighted by atomic mass is 9.85. The van der Waals surface area contributed by atoms with Crippen molar-refractivity contribution in [2.75, 3.05) is 134 Å². The number of aryl methyl sites for hydroxylation is 1. The number of halogens is 6. The second-order valence-electron chi connectivity index (χ2n) is 33.4. The SMILES string of the molecule is COC(=O)C1=C(CN2CCN3C(=O)N(c4ccc(C(C)(C)C(=O)O)cc4)C[C@@H]3C2)NC(c2nccs2)=N[C@H]1c1ccc(F)cc1Cl.COC(=O)C1=C(CN2CCN3C(=O)N(c4ccc(CC(=O)O)cc4)C[C@@H]3C2)NC(c2nccs2)=N[C@H]1c1ccc(F)cc1Cl.COC(=O)C1=C(CN2CCN3C(=O)N(c4ccc(CCC(=O)O)cc4)C[C@@H]3C2)NC(c2nccs2)=N[C@H]1c1ccc(F)cc1Cl. The number of rotatable bonds is 25. The minimum Gasteiger partial charge on any atom is -0.481 e. The maximum atomic E-state index is 14.0. The third-order valence-electron chi connectivity index (χ3n) is 24.6. The number of amidine groups is 3. The van der Waals surface area contributed by atoms with Crippen molar-refractivity contribution in [3.8, 4) is 0 Å². The van der Waals surface area contributed by atoms with Crippen molar-refractivity contribution in [1.82, 2.24) is 60.3 Å². The second-order valence-corrected chi connectivity index (χ2v) is 37.3. The number of amides is 6. The fourth-order valence-electron chi connectivity index (χ4n) is 17.7. The summed E-state index contributed by atoms with van der Waals surface area (Å²) in [5.74, 6) is -4.60. The summed E-state index contributed by atoms with van der Waals surface area (Å²) in [7, 11) is 3.89. The van der Waals surface area contributed by atoms with Gasteiger partial charge in [-0.2, -0.15) is 0 Å². The number of carboxylic acid groups (broad SMARTS) is 3. The molecular formula is C93H90Cl3F3N18O15S3. The number of esters is 3. The van der Waals surface area contributed by atoms with Gasteiger partial charge < -0.3 is 60.2 Å². The predicted octanol–water partition coefficient (Wildman–Crippen LogP) is 12.2. The molecule has 0 aliphatic carbocycles. The van der Waals surface area contributed by atoms with Crippen LogP contribution < -0.4 is 30.7 Å². The number of carbonyl (C=O) groups is 9. The normalized spacial score (nSPS) is 20.3. The number of fused-ring (bicyclic) bond motifs is 3. The first-order chi connectivity index (χ1) is 64.9. The molecule has 0 saturated carbocycles. The van der Waals surface area contributed by atoms with Crippen LogP contribution >= 0.6 is 68.8 Å². The Hall–Kier alpha value is -13.0. The van der Waals surface area contributed by atoms with Crippen LogP contribution in [0, 0.1) is 17.5 Å². The summed E-state index contributed by atoms with van der Waals surface area (Å²) >= 11 is 23.6. The third kappa shape index (κ3) is 20.8. The topological polar surface area (TPSA) is 383 Å². The van der Waals surface area contributed by atoms with Gasteiger partial charge in [0.1, 0.15) is 35.6 Å².